The number of amides is 3. The van der Waals surface area contributed by atoms with Crippen molar-refractivity contribution in [3.63, 3.8) is 0 Å². The predicted molar refractivity (Wildman–Crippen MR) is 88.9 cm³/mol. The number of hydrogen-bond acceptors (Lipinski definition) is 5. The Morgan fingerprint density at radius 3 is 2.25 bits per heavy atom. The number of carbonyl (C=O) groups excluding carboxylic acids is 3. The molecule has 7 nitrogen and oxygen atoms in total. The number of carbonyl (C=O) groups is 3. The van der Waals surface area contributed by atoms with Crippen LogP contribution in [0.2, 0.25) is 0 Å². The molecule has 1 rings (SSSR count). The van der Waals surface area contributed by atoms with E-state index in [4.69, 9.17) is 9.47 Å². The van der Waals surface area contributed by atoms with Gasteiger partial charge in [0.05, 0.1) is 12.2 Å². The quantitative estimate of drug-likeness (QED) is 0.745. The second-order valence-electron chi connectivity index (χ2n) is 5.54. The summed E-state index contributed by atoms with van der Waals surface area (Å²) in [6, 6.07) is 5.70. The molecule has 3 amide bonds. The highest BCUT2D eigenvalue weighted by atomic mass is 16.5. The number of urea groups is 1. The first-order valence-electron chi connectivity index (χ1n) is 7.88. The highest BCUT2D eigenvalue weighted by molar-refractivity contribution is 5.98. The molecule has 2 N–H and O–H groups in total. The molecule has 0 aromatic heterocycles. The van der Waals surface area contributed by atoms with Gasteiger partial charge in [0, 0.05) is 6.04 Å². The van der Waals surface area contributed by atoms with E-state index in [1.54, 1.807) is 38.1 Å². The van der Waals surface area contributed by atoms with E-state index in [9.17, 15) is 14.4 Å². The smallest absolute Gasteiger partial charge is 0.338 e. The maximum absolute atomic E-state index is 12.0. The summed E-state index contributed by atoms with van der Waals surface area (Å²) in [6.45, 7) is 7.52. The number of hydrogen-bond donors (Lipinski definition) is 2. The van der Waals surface area contributed by atoms with Crippen molar-refractivity contribution in [1.29, 1.82) is 0 Å². The Labute approximate surface area is 141 Å². The first-order chi connectivity index (χ1) is 11.3. The Hall–Kier alpha value is -2.57. The van der Waals surface area contributed by atoms with E-state index in [-0.39, 0.29) is 6.04 Å². The van der Waals surface area contributed by atoms with Crippen molar-refractivity contribution in [2.24, 2.45) is 0 Å². The second-order valence-corrected chi connectivity index (χ2v) is 5.54. The minimum atomic E-state index is -1.09. The molecule has 0 aliphatic rings. The molecule has 0 heterocycles. The summed E-state index contributed by atoms with van der Waals surface area (Å²) < 4.78 is 10.5. The van der Waals surface area contributed by atoms with Crippen LogP contribution in [0.5, 0.6) is 5.75 Å². The van der Waals surface area contributed by atoms with E-state index in [1.807, 2.05) is 6.92 Å². The van der Waals surface area contributed by atoms with E-state index in [2.05, 4.69) is 10.6 Å². The van der Waals surface area contributed by atoms with Crippen LogP contribution in [-0.4, -0.2) is 36.7 Å². The van der Waals surface area contributed by atoms with E-state index >= 15 is 0 Å². The lowest BCUT2D eigenvalue weighted by atomic mass is 10.2. The minimum Gasteiger partial charge on any atom is -0.494 e. The highest BCUT2D eigenvalue weighted by Gasteiger charge is 2.21. The fourth-order valence-corrected chi connectivity index (χ4v) is 1.70. The van der Waals surface area contributed by atoms with E-state index < -0.39 is 24.0 Å². The summed E-state index contributed by atoms with van der Waals surface area (Å²) in [4.78, 5) is 35.3. The van der Waals surface area contributed by atoms with E-state index in [0.717, 1.165) is 6.42 Å². The monoisotopic (exact) mass is 336 g/mol. The van der Waals surface area contributed by atoms with Crippen LogP contribution in [0, 0.1) is 0 Å². The highest BCUT2D eigenvalue weighted by Crippen LogP contribution is 2.13. The lowest BCUT2D eigenvalue weighted by molar-refractivity contribution is -0.127. The molecule has 0 aliphatic heterocycles. The van der Waals surface area contributed by atoms with E-state index in [1.165, 1.54) is 6.92 Å². The van der Waals surface area contributed by atoms with Gasteiger partial charge in [-0.2, -0.15) is 0 Å². The van der Waals surface area contributed by atoms with Crippen molar-refractivity contribution in [2.75, 3.05) is 6.61 Å². The Kier molecular flexibility index (Phi) is 7.74. The normalized spacial score (nSPS) is 11.5. The van der Waals surface area contributed by atoms with E-state index in [0.29, 0.717) is 17.9 Å². The third-order valence-electron chi connectivity index (χ3n) is 2.87. The molecule has 1 aromatic carbocycles. The van der Waals surface area contributed by atoms with Gasteiger partial charge in [-0.15, -0.1) is 0 Å². The number of rotatable bonds is 7. The van der Waals surface area contributed by atoms with Gasteiger partial charge in [0.1, 0.15) is 5.75 Å². The summed E-state index contributed by atoms with van der Waals surface area (Å²) in [5, 5.41) is 4.63. The topological polar surface area (TPSA) is 93.7 Å². The average Bonchev–Trinajstić information content (AvgIpc) is 2.52. The van der Waals surface area contributed by atoms with Gasteiger partial charge in [0.2, 0.25) is 0 Å². The number of esters is 1. The molecular formula is C17H24N2O5. The zero-order valence-electron chi connectivity index (χ0n) is 14.4. The molecule has 24 heavy (non-hydrogen) atoms. The fraction of sp³-hybridized carbons (Fsp3) is 0.471. The van der Waals surface area contributed by atoms with Crippen LogP contribution in [0.3, 0.4) is 0 Å². The Bertz CT molecular complexity index is 569. The molecule has 1 aromatic rings. The second kappa shape index (κ2) is 9.54. The molecule has 0 fully saturated rings. The summed E-state index contributed by atoms with van der Waals surface area (Å²) >= 11 is 0. The lowest BCUT2D eigenvalue weighted by Crippen LogP contribution is -2.46. The van der Waals surface area contributed by atoms with Crippen molar-refractivity contribution in [2.45, 2.75) is 46.3 Å². The summed E-state index contributed by atoms with van der Waals surface area (Å²) in [6.07, 6.45) is -0.202. The zero-order valence-corrected chi connectivity index (χ0v) is 14.4. The molecule has 0 radical (unpaired) electrons. The molecule has 7 heteroatoms. The molecule has 0 aliphatic carbocycles. The van der Waals surface area contributed by atoms with Crippen LogP contribution >= 0.6 is 0 Å². The van der Waals surface area contributed by atoms with Gasteiger partial charge in [-0.05, 0) is 51.5 Å². The molecule has 0 spiro atoms. The SMILES string of the molecule is CCCOc1ccc(C(=O)O[C@H](C)C(=O)NC(=O)NC(C)C)cc1. The number of benzene rings is 1. The summed E-state index contributed by atoms with van der Waals surface area (Å²) in [5.74, 6) is -0.682. The van der Waals surface area contributed by atoms with Crippen LogP contribution in [0.15, 0.2) is 24.3 Å². The Morgan fingerprint density at radius 2 is 1.71 bits per heavy atom. The lowest BCUT2D eigenvalue weighted by Gasteiger charge is -2.14. The summed E-state index contributed by atoms with van der Waals surface area (Å²) in [7, 11) is 0. The number of imide groups is 1. The van der Waals surface area contributed by atoms with Gasteiger partial charge in [-0.25, -0.2) is 9.59 Å². The van der Waals surface area contributed by atoms with Crippen LogP contribution in [0.4, 0.5) is 4.79 Å². The van der Waals surface area contributed by atoms with Crippen LogP contribution < -0.4 is 15.4 Å². The first-order valence-corrected chi connectivity index (χ1v) is 7.88. The third-order valence-corrected chi connectivity index (χ3v) is 2.87. The molecular weight excluding hydrogens is 312 g/mol. The molecule has 0 bridgehead atoms. The van der Waals surface area contributed by atoms with Crippen LogP contribution in [-0.2, 0) is 9.53 Å². The first kappa shape index (κ1) is 19.5. The maximum atomic E-state index is 12.0. The van der Waals surface area contributed by atoms with Gasteiger partial charge >= 0.3 is 12.0 Å². The molecule has 0 saturated carbocycles. The molecule has 0 unspecified atom stereocenters. The number of ether oxygens (including phenoxy) is 2. The number of nitrogens with one attached hydrogen (secondary N) is 2. The van der Waals surface area contributed by atoms with Crippen molar-refractivity contribution in [3.05, 3.63) is 29.8 Å². The molecule has 1 atom stereocenters. The van der Waals surface area contributed by atoms with Crippen LogP contribution in [0.25, 0.3) is 0 Å². The zero-order chi connectivity index (χ0) is 18.1. The third kappa shape index (κ3) is 6.68. The van der Waals surface area contributed by atoms with Crippen molar-refractivity contribution >= 4 is 17.9 Å². The predicted octanol–water partition coefficient (Wildman–Crippen LogP) is 2.25. The molecule has 132 valence electrons. The largest absolute Gasteiger partial charge is 0.494 e. The van der Waals surface area contributed by atoms with Gasteiger partial charge in [0.25, 0.3) is 5.91 Å². The van der Waals surface area contributed by atoms with Crippen molar-refractivity contribution in [1.82, 2.24) is 10.6 Å². The Morgan fingerprint density at radius 1 is 1.08 bits per heavy atom. The van der Waals surface area contributed by atoms with Crippen LogP contribution in [0.1, 0.15) is 44.5 Å². The minimum absolute atomic E-state index is 0.107. The van der Waals surface area contributed by atoms with Crippen molar-refractivity contribution in [3.8, 4) is 5.75 Å². The van der Waals surface area contributed by atoms with Crippen molar-refractivity contribution < 1.29 is 23.9 Å². The van der Waals surface area contributed by atoms with Gasteiger partial charge in [-0.1, -0.05) is 6.92 Å². The van der Waals surface area contributed by atoms with Gasteiger partial charge in [-0.3, -0.25) is 10.1 Å². The van der Waals surface area contributed by atoms with Gasteiger partial charge < -0.3 is 14.8 Å². The fourth-order valence-electron chi connectivity index (χ4n) is 1.70. The van der Waals surface area contributed by atoms with Gasteiger partial charge in [0.15, 0.2) is 6.10 Å². The Balaban J connectivity index is 2.53. The standard InChI is InChI=1S/C17H24N2O5/c1-5-10-23-14-8-6-13(7-9-14)16(21)24-12(4)15(20)19-17(22)18-11(2)3/h6-9,11-12H,5,10H2,1-4H3,(H2,18,19,20,22)/t12-/m1/s1. The summed E-state index contributed by atoms with van der Waals surface area (Å²) in [5.41, 5.74) is 0.296. The maximum Gasteiger partial charge on any atom is 0.338 e. The molecule has 0 saturated heterocycles. The average molecular weight is 336 g/mol.